The Balaban J connectivity index is 1.52. The molecule has 1 N–H and O–H groups in total. The van der Waals surface area contributed by atoms with Gasteiger partial charge >= 0.3 is 6.03 Å². The Hall–Kier alpha value is -2.40. The molecule has 0 radical (unpaired) electrons. The molecule has 1 aliphatic rings. The SMILES string of the molecule is O=C(c1cccc(Cl)c1)[C@H]1CCCN(C(=O)NCCc2ccncc2)C1. The van der Waals surface area contributed by atoms with Crippen molar-refractivity contribution in [2.24, 2.45) is 5.92 Å². The summed E-state index contributed by atoms with van der Waals surface area (Å²) in [4.78, 5) is 30.8. The van der Waals surface area contributed by atoms with Gasteiger partial charge in [0.25, 0.3) is 0 Å². The van der Waals surface area contributed by atoms with Gasteiger partial charge in [-0.1, -0.05) is 23.7 Å². The first-order chi connectivity index (χ1) is 12.6. The van der Waals surface area contributed by atoms with Crippen molar-refractivity contribution in [3.8, 4) is 0 Å². The first kappa shape index (κ1) is 18.4. The first-order valence-corrected chi connectivity index (χ1v) is 9.23. The number of halogens is 1. The van der Waals surface area contributed by atoms with E-state index < -0.39 is 0 Å². The van der Waals surface area contributed by atoms with Gasteiger partial charge < -0.3 is 10.2 Å². The minimum absolute atomic E-state index is 0.0572. The molecule has 2 aromatic rings. The summed E-state index contributed by atoms with van der Waals surface area (Å²) in [6.07, 6.45) is 5.87. The summed E-state index contributed by atoms with van der Waals surface area (Å²) in [6.45, 7) is 1.69. The zero-order valence-electron chi connectivity index (χ0n) is 14.5. The molecule has 1 aromatic heterocycles. The van der Waals surface area contributed by atoms with Crippen LogP contribution in [0.1, 0.15) is 28.8 Å². The lowest BCUT2D eigenvalue weighted by atomic mass is 9.90. The molecule has 26 heavy (non-hydrogen) atoms. The molecule has 0 bridgehead atoms. The fourth-order valence-electron chi connectivity index (χ4n) is 3.23. The van der Waals surface area contributed by atoms with Crippen LogP contribution in [0.2, 0.25) is 5.02 Å². The van der Waals surface area contributed by atoms with Crippen LogP contribution in [-0.2, 0) is 6.42 Å². The van der Waals surface area contributed by atoms with Gasteiger partial charge in [0.15, 0.2) is 5.78 Å². The Morgan fingerprint density at radius 3 is 2.81 bits per heavy atom. The lowest BCUT2D eigenvalue weighted by Crippen LogP contribution is -2.47. The molecule has 0 unspecified atom stereocenters. The number of carbonyl (C=O) groups is 2. The minimum atomic E-state index is -0.173. The lowest BCUT2D eigenvalue weighted by Gasteiger charge is -2.32. The van der Waals surface area contributed by atoms with Crippen molar-refractivity contribution in [1.29, 1.82) is 0 Å². The summed E-state index contributed by atoms with van der Waals surface area (Å²) in [5, 5.41) is 3.50. The molecule has 1 aromatic carbocycles. The number of ketones is 1. The van der Waals surface area contributed by atoms with Crippen molar-refractivity contribution in [3.05, 3.63) is 64.9 Å². The van der Waals surface area contributed by atoms with E-state index in [0.717, 1.165) is 24.8 Å². The van der Waals surface area contributed by atoms with E-state index in [0.29, 0.717) is 30.2 Å². The highest BCUT2D eigenvalue weighted by Gasteiger charge is 2.29. The second-order valence-corrected chi connectivity index (χ2v) is 6.93. The minimum Gasteiger partial charge on any atom is -0.338 e. The molecule has 2 amide bonds. The zero-order valence-corrected chi connectivity index (χ0v) is 15.3. The van der Waals surface area contributed by atoms with E-state index >= 15 is 0 Å². The molecule has 0 spiro atoms. The van der Waals surface area contributed by atoms with E-state index in [1.54, 1.807) is 41.6 Å². The maximum Gasteiger partial charge on any atom is 0.317 e. The largest absolute Gasteiger partial charge is 0.338 e. The maximum atomic E-state index is 12.7. The Labute approximate surface area is 158 Å². The topological polar surface area (TPSA) is 62.3 Å². The van der Waals surface area contributed by atoms with Gasteiger partial charge in [0.05, 0.1) is 0 Å². The van der Waals surface area contributed by atoms with Gasteiger partial charge in [-0.2, -0.15) is 0 Å². The standard InChI is InChI=1S/C20H22ClN3O2/c21-18-5-1-3-16(13-18)19(25)17-4-2-12-24(14-17)20(26)23-11-8-15-6-9-22-10-7-15/h1,3,5-7,9-10,13,17H,2,4,8,11-12,14H2,(H,23,26)/t17-/m0/s1. The number of nitrogens with zero attached hydrogens (tertiary/aromatic N) is 2. The number of urea groups is 1. The average Bonchev–Trinajstić information content (AvgIpc) is 2.68. The van der Waals surface area contributed by atoms with Gasteiger partial charge in [-0.3, -0.25) is 9.78 Å². The summed E-state index contributed by atoms with van der Waals surface area (Å²) in [6, 6.07) is 10.8. The predicted molar refractivity (Wildman–Crippen MR) is 101 cm³/mol. The van der Waals surface area contributed by atoms with Gasteiger partial charge in [0, 0.05) is 48.5 Å². The fraction of sp³-hybridized carbons (Fsp3) is 0.350. The number of benzene rings is 1. The van der Waals surface area contributed by atoms with Crippen LogP contribution in [0.3, 0.4) is 0 Å². The quantitative estimate of drug-likeness (QED) is 0.817. The Morgan fingerprint density at radius 1 is 1.23 bits per heavy atom. The third-order valence-electron chi connectivity index (χ3n) is 4.63. The van der Waals surface area contributed by atoms with Crippen LogP contribution in [-0.4, -0.2) is 41.3 Å². The summed E-state index contributed by atoms with van der Waals surface area (Å²) in [5.74, 6) is -0.116. The van der Waals surface area contributed by atoms with Gasteiger partial charge in [-0.15, -0.1) is 0 Å². The summed E-state index contributed by atoms with van der Waals surface area (Å²) in [7, 11) is 0. The molecule has 5 nitrogen and oxygen atoms in total. The Kier molecular flexibility index (Phi) is 6.23. The molecule has 1 aliphatic heterocycles. The van der Waals surface area contributed by atoms with E-state index in [1.165, 1.54) is 0 Å². The number of pyridine rings is 1. The van der Waals surface area contributed by atoms with Crippen molar-refractivity contribution in [3.63, 3.8) is 0 Å². The normalized spacial score (nSPS) is 17.0. The van der Waals surface area contributed by atoms with E-state index in [2.05, 4.69) is 10.3 Å². The van der Waals surface area contributed by atoms with Gasteiger partial charge in [0.1, 0.15) is 0 Å². The van der Waals surface area contributed by atoms with Gasteiger partial charge in [-0.05, 0) is 49.1 Å². The highest BCUT2D eigenvalue weighted by atomic mass is 35.5. The Morgan fingerprint density at radius 2 is 2.04 bits per heavy atom. The van der Waals surface area contributed by atoms with Crippen molar-refractivity contribution in [2.75, 3.05) is 19.6 Å². The van der Waals surface area contributed by atoms with Crippen LogP contribution in [0.25, 0.3) is 0 Å². The van der Waals surface area contributed by atoms with Gasteiger partial charge in [0.2, 0.25) is 0 Å². The second-order valence-electron chi connectivity index (χ2n) is 6.50. The van der Waals surface area contributed by atoms with Crippen LogP contribution < -0.4 is 5.32 Å². The van der Waals surface area contributed by atoms with Gasteiger partial charge in [-0.25, -0.2) is 4.79 Å². The number of hydrogen-bond acceptors (Lipinski definition) is 3. The molecule has 2 heterocycles. The average molecular weight is 372 g/mol. The van der Waals surface area contributed by atoms with Crippen molar-refractivity contribution >= 4 is 23.4 Å². The van der Waals surface area contributed by atoms with Crippen molar-refractivity contribution in [1.82, 2.24) is 15.2 Å². The first-order valence-electron chi connectivity index (χ1n) is 8.85. The monoisotopic (exact) mass is 371 g/mol. The number of nitrogens with one attached hydrogen (secondary N) is 1. The molecule has 3 rings (SSSR count). The number of Topliss-reactive ketones (excluding diaryl/α,β-unsaturated/α-hetero) is 1. The fourth-order valence-corrected chi connectivity index (χ4v) is 3.42. The molecular formula is C20H22ClN3O2. The molecule has 0 saturated carbocycles. The van der Waals surface area contributed by atoms with E-state index in [9.17, 15) is 9.59 Å². The molecule has 1 fully saturated rings. The number of piperidine rings is 1. The van der Waals surface area contributed by atoms with E-state index in [1.807, 2.05) is 12.1 Å². The number of aromatic nitrogens is 1. The summed E-state index contributed by atoms with van der Waals surface area (Å²) >= 11 is 5.98. The highest BCUT2D eigenvalue weighted by Crippen LogP contribution is 2.22. The van der Waals surface area contributed by atoms with Crippen molar-refractivity contribution < 1.29 is 9.59 Å². The zero-order chi connectivity index (χ0) is 18.4. The number of hydrogen-bond donors (Lipinski definition) is 1. The molecule has 136 valence electrons. The lowest BCUT2D eigenvalue weighted by molar-refractivity contribution is 0.0846. The summed E-state index contributed by atoms with van der Waals surface area (Å²) in [5.41, 5.74) is 1.75. The molecule has 0 aliphatic carbocycles. The third kappa shape index (κ3) is 4.82. The van der Waals surface area contributed by atoms with Crippen LogP contribution in [0, 0.1) is 5.92 Å². The van der Waals surface area contributed by atoms with Crippen LogP contribution in [0.5, 0.6) is 0 Å². The molecule has 6 heteroatoms. The number of carbonyl (C=O) groups excluding carboxylic acids is 2. The predicted octanol–water partition coefficient (Wildman–Crippen LogP) is 3.58. The summed E-state index contributed by atoms with van der Waals surface area (Å²) < 4.78 is 0. The molecule has 1 saturated heterocycles. The van der Waals surface area contributed by atoms with E-state index in [4.69, 9.17) is 11.6 Å². The van der Waals surface area contributed by atoms with Crippen LogP contribution in [0.15, 0.2) is 48.8 Å². The number of likely N-dealkylation sites (tertiary alicyclic amines) is 1. The molecular weight excluding hydrogens is 350 g/mol. The van der Waals surface area contributed by atoms with Crippen molar-refractivity contribution in [2.45, 2.75) is 19.3 Å². The molecule has 1 atom stereocenters. The number of rotatable bonds is 5. The smallest absolute Gasteiger partial charge is 0.317 e. The highest BCUT2D eigenvalue weighted by molar-refractivity contribution is 6.31. The third-order valence-corrected chi connectivity index (χ3v) is 4.86. The maximum absolute atomic E-state index is 12.7. The number of amides is 2. The van der Waals surface area contributed by atoms with Crippen LogP contribution in [0.4, 0.5) is 4.79 Å². The van der Waals surface area contributed by atoms with Crippen LogP contribution >= 0.6 is 11.6 Å². The second kappa shape index (κ2) is 8.81. The van der Waals surface area contributed by atoms with E-state index in [-0.39, 0.29) is 17.7 Å². The Bertz CT molecular complexity index is 767.